The quantitative estimate of drug-likeness (QED) is 0.524. The summed E-state index contributed by atoms with van der Waals surface area (Å²) in [6, 6.07) is 15.0. The van der Waals surface area contributed by atoms with Crippen molar-refractivity contribution in [3.8, 4) is 5.75 Å². The lowest BCUT2D eigenvalue weighted by molar-refractivity contribution is -0.123. The molecule has 0 aliphatic rings. The summed E-state index contributed by atoms with van der Waals surface area (Å²) in [6.07, 6.45) is 0.947. The standard InChI is InChI=1S/C19H21N3O4/c1-2-26-19(25)21-16(12-14-8-4-3-5-9-14)18(24)22-20-13-15-10-6-7-11-17(15)23/h3-11,13,16,23H,2,12H2,1H3,(H,21,25)(H,22,24)/b20-13-/t16-/m0/s1. The van der Waals surface area contributed by atoms with E-state index in [0.717, 1.165) is 5.56 Å². The minimum Gasteiger partial charge on any atom is -0.507 e. The number of ether oxygens (including phenoxy) is 1. The summed E-state index contributed by atoms with van der Waals surface area (Å²) < 4.78 is 4.85. The van der Waals surface area contributed by atoms with Gasteiger partial charge in [0.05, 0.1) is 12.8 Å². The predicted octanol–water partition coefficient (Wildman–Crippen LogP) is 2.20. The number of hydrogen-bond acceptors (Lipinski definition) is 5. The molecular weight excluding hydrogens is 334 g/mol. The smallest absolute Gasteiger partial charge is 0.407 e. The Morgan fingerprint density at radius 2 is 1.85 bits per heavy atom. The maximum Gasteiger partial charge on any atom is 0.407 e. The number of amides is 2. The molecule has 136 valence electrons. The molecule has 1 atom stereocenters. The number of hydrogen-bond donors (Lipinski definition) is 3. The third kappa shape index (κ3) is 5.94. The van der Waals surface area contributed by atoms with Gasteiger partial charge in [-0.15, -0.1) is 0 Å². The van der Waals surface area contributed by atoms with Crippen molar-refractivity contribution in [2.75, 3.05) is 6.61 Å². The van der Waals surface area contributed by atoms with E-state index in [1.54, 1.807) is 25.1 Å². The number of carbonyl (C=O) groups is 2. The summed E-state index contributed by atoms with van der Waals surface area (Å²) in [7, 11) is 0. The van der Waals surface area contributed by atoms with Crippen molar-refractivity contribution in [2.24, 2.45) is 5.10 Å². The molecule has 0 bridgehead atoms. The molecule has 0 aliphatic heterocycles. The van der Waals surface area contributed by atoms with Crippen molar-refractivity contribution >= 4 is 18.2 Å². The predicted molar refractivity (Wildman–Crippen MR) is 97.9 cm³/mol. The number of benzene rings is 2. The molecule has 2 aromatic rings. The van der Waals surface area contributed by atoms with E-state index in [4.69, 9.17) is 4.74 Å². The van der Waals surface area contributed by atoms with Crippen LogP contribution in [0.2, 0.25) is 0 Å². The molecule has 2 aromatic carbocycles. The van der Waals surface area contributed by atoms with Crippen LogP contribution in [0.3, 0.4) is 0 Å². The Hall–Kier alpha value is -3.35. The van der Waals surface area contributed by atoms with Crippen molar-refractivity contribution in [3.63, 3.8) is 0 Å². The Bertz CT molecular complexity index is 762. The van der Waals surface area contributed by atoms with Crippen LogP contribution < -0.4 is 10.7 Å². The minimum absolute atomic E-state index is 0.0518. The first kappa shape index (κ1) is 19.0. The number of phenols is 1. The van der Waals surface area contributed by atoms with E-state index in [2.05, 4.69) is 15.8 Å². The van der Waals surface area contributed by atoms with E-state index >= 15 is 0 Å². The first-order valence-electron chi connectivity index (χ1n) is 8.18. The second-order valence-corrected chi connectivity index (χ2v) is 5.40. The third-order valence-corrected chi connectivity index (χ3v) is 3.48. The Morgan fingerprint density at radius 1 is 1.15 bits per heavy atom. The van der Waals surface area contributed by atoms with Gasteiger partial charge in [0.25, 0.3) is 5.91 Å². The maximum absolute atomic E-state index is 12.4. The molecule has 0 unspecified atom stereocenters. The summed E-state index contributed by atoms with van der Waals surface area (Å²) >= 11 is 0. The summed E-state index contributed by atoms with van der Waals surface area (Å²) in [5.74, 6) is -0.440. The Labute approximate surface area is 151 Å². The van der Waals surface area contributed by atoms with E-state index in [1.807, 2.05) is 30.3 Å². The van der Waals surface area contributed by atoms with Gasteiger partial charge in [-0.25, -0.2) is 10.2 Å². The van der Waals surface area contributed by atoms with Crippen LogP contribution in [0.1, 0.15) is 18.1 Å². The highest BCUT2D eigenvalue weighted by molar-refractivity contribution is 5.88. The summed E-state index contributed by atoms with van der Waals surface area (Å²) in [6.45, 7) is 1.89. The van der Waals surface area contributed by atoms with Crippen LogP contribution >= 0.6 is 0 Å². The van der Waals surface area contributed by atoms with Gasteiger partial charge in [-0.05, 0) is 24.6 Å². The van der Waals surface area contributed by atoms with E-state index < -0.39 is 18.0 Å². The van der Waals surface area contributed by atoms with E-state index in [-0.39, 0.29) is 18.8 Å². The molecular formula is C19H21N3O4. The van der Waals surface area contributed by atoms with Crippen molar-refractivity contribution in [1.82, 2.24) is 10.7 Å². The SMILES string of the molecule is CCOC(=O)N[C@@H](Cc1ccccc1)C(=O)N/N=C\c1ccccc1O. The maximum atomic E-state index is 12.4. The molecule has 2 amide bonds. The van der Waals surface area contributed by atoms with Gasteiger partial charge in [0.2, 0.25) is 0 Å². The minimum atomic E-state index is -0.849. The molecule has 7 nitrogen and oxygen atoms in total. The first-order valence-corrected chi connectivity index (χ1v) is 8.18. The van der Waals surface area contributed by atoms with Crippen molar-refractivity contribution < 1.29 is 19.4 Å². The Balaban J connectivity index is 2.04. The van der Waals surface area contributed by atoms with Gasteiger partial charge < -0.3 is 15.2 Å². The highest BCUT2D eigenvalue weighted by Crippen LogP contribution is 2.12. The molecule has 0 aliphatic carbocycles. The molecule has 26 heavy (non-hydrogen) atoms. The Kier molecular flexibility index (Phi) is 7.17. The lowest BCUT2D eigenvalue weighted by Crippen LogP contribution is -2.47. The molecule has 0 aromatic heterocycles. The van der Waals surface area contributed by atoms with E-state index in [1.165, 1.54) is 12.3 Å². The average molecular weight is 355 g/mol. The number of nitrogens with zero attached hydrogens (tertiary/aromatic N) is 1. The molecule has 0 fully saturated rings. The molecule has 2 rings (SSSR count). The average Bonchev–Trinajstić information content (AvgIpc) is 2.64. The number of hydrazone groups is 1. The van der Waals surface area contributed by atoms with Crippen LogP contribution in [0.25, 0.3) is 0 Å². The topological polar surface area (TPSA) is 100 Å². The largest absolute Gasteiger partial charge is 0.507 e. The van der Waals surface area contributed by atoms with Gasteiger partial charge in [-0.3, -0.25) is 4.79 Å². The Morgan fingerprint density at radius 3 is 2.54 bits per heavy atom. The van der Waals surface area contributed by atoms with Crippen LogP contribution in [0.5, 0.6) is 5.75 Å². The van der Waals surface area contributed by atoms with Crippen molar-refractivity contribution in [1.29, 1.82) is 0 Å². The lowest BCUT2D eigenvalue weighted by atomic mass is 10.1. The molecule has 0 saturated heterocycles. The number of aromatic hydroxyl groups is 1. The molecule has 3 N–H and O–H groups in total. The highest BCUT2D eigenvalue weighted by atomic mass is 16.5. The number of phenolic OH excluding ortho intramolecular Hbond substituents is 1. The second-order valence-electron chi connectivity index (χ2n) is 5.40. The van der Waals surface area contributed by atoms with Crippen molar-refractivity contribution in [2.45, 2.75) is 19.4 Å². The second kappa shape index (κ2) is 9.83. The fraction of sp³-hybridized carbons (Fsp3) is 0.211. The highest BCUT2D eigenvalue weighted by Gasteiger charge is 2.21. The van der Waals surface area contributed by atoms with Gasteiger partial charge >= 0.3 is 6.09 Å². The molecule has 7 heteroatoms. The van der Waals surface area contributed by atoms with Crippen LogP contribution in [0, 0.1) is 0 Å². The third-order valence-electron chi connectivity index (χ3n) is 3.48. The van der Waals surface area contributed by atoms with Crippen LogP contribution in [0.15, 0.2) is 59.7 Å². The fourth-order valence-electron chi connectivity index (χ4n) is 2.21. The number of nitrogens with one attached hydrogen (secondary N) is 2. The van der Waals surface area contributed by atoms with Gasteiger partial charge in [0.15, 0.2) is 0 Å². The zero-order chi connectivity index (χ0) is 18.8. The number of para-hydroxylation sites is 1. The molecule has 0 spiro atoms. The number of alkyl carbamates (subject to hydrolysis) is 1. The molecule has 0 heterocycles. The molecule has 0 saturated carbocycles. The van der Waals surface area contributed by atoms with Crippen LogP contribution in [-0.2, 0) is 16.0 Å². The summed E-state index contributed by atoms with van der Waals surface area (Å²) in [5, 5.41) is 16.1. The lowest BCUT2D eigenvalue weighted by Gasteiger charge is -2.16. The zero-order valence-corrected chi connectivity index (χ0v) is 14.4. The van der Waals surface area contributed by atoms with Gasteiger partial charge in [-0.2, -0.15) is 5.10 Å². The number of carbonyl (C=O) groups excluding carboxylic acids is 2. The normalized spacial score (nSPS) is 11.7. The summed E-state index contributed by atoms with van der Waals surface area (Å²) in [4.78, 5) is 24.1. The van der Waals surface area contributed by atoms with Gasteiger partial charge in [0.1, 0.15) is 11.8 Å². The summed E-state index contributed by atoms with van der Waals surface area (Å²) in [5.41, 5.74) is 3.72. The van der Waals surface area contributed by atoms with Gasteiger partial charge in [0, 0.05) is 12.0 Å². The van der Waals surface area contributed by atoms with Crippen LogP contribution in [0.4, 0.5) is 4.79 Å². The number of rotatable bonds is 7. The van der Waals surface area contributed by atoms with E-state index in [9.17, 15) is 14.7 Å². The first-order chi connectivity index (χ1) is 12.6. The van der Waals surface area contributed by atoms with E-state index in [0.29, 0.717) is 5.56 Å². The van der Waals surface area contributed by atoms with Crippen molar-refractivity contribution in [3.05, 3.63) is 65.7 Å². The van der Waals surface area contributed by atoms with Gasteiger partial charge in [-0.1, -0.05) is 42.5 Å². The monoisotopic (exact) mass is 355 g/mol. The fourth-order valence-corrected chi connectivity index (χ4v) is 2.21. The molecule has 0 radical (unpaired) electrons. The zero-order valence-electron chi connectivity index (χ0n) is 14.4. The van der Waals surface area contributed by atoms with Crippen LogP contribution in [-0.4, -0.2) is 36.0 Å².